The quantitative estimate of drug-likeness (QED) is 0.700. The van der Waals surface area contributed by atoms with Gasteiger partial charge in [-0.1, -0.05) is 0 Å². The Hall–Kier alpha value is -1.64. The predicted molar refractivity (Wildman–Crippen MR) is 112 cm³/mol. The molecule has 0 aliphatic carbocycles. The van der Waals surface area contributed by atoms with Gasteiger partial charge in [0, 0.05) is 38.1 Å². The number of benzene rings is 1. The molecule has 0 N–H and O–H groups in total. The SMILES string of the molecule is CCOc1ccc(S(=O)(=O)N2CCC(C(=O)N3CCCC(N(C)C)C3)CC2)cc1. The van der Waals surface area contributed by atoms with Gasteiger partial charge in [-0.2, -0.15) is 4.31 Å². The van der Waals surface area contributed by atoms with Crippen LogP contribution in [0.4, 0.5) is 0 Å². The summed E-state index contributed by atoms with van der Waals surface area (Å²) in [5, 5.41) is 0. The van der Waals surface area contributed by atoms with Gasteiger partial charge in [0.05, 0.1) is 11.5 Å². The zero-order chi connectivity index (χ0) is 21.0. The summed E-state index contributed by atoms with van der Waals surface area (Å²) in [6, 6.07) is 6.96. The number of amides is 1. The summed E-state index contributed by atoms with van der Waals surface area (Å²) in [7, 11) is 0.575. The van der Waals surface area contributed by atoms with Gasteiger partial charge in [-0.15, -0.1) is 0 Å². The molecule has 8 heteroatoms. The van der Waals surface area contributed by atoms with Crippen molar-refractivity contribution in [1.29, 1.82) is 0 Å². The second-order valence-electron chi connectivity index (χ2n) is 8.13. The second-order valence-corrected chi connectivity index (χ2v) is 10.1. The zero-order valence-corrected chi connectivity index (χ0v) is 18.5. The average molecular weight is 424 g/mol. The van der Waals surface area contributed by atoms with Crippen LogP contribution >= 0.6 is 0 Å². The van der Waals surface area contributed by atoms with Crippen molar-refractivity contribution in [2.45, 2.75) is 43.5 Å². The number of hydrogen-bond acceptors (Lipinski definition) is 5. The maximum atomic E-state index is 13.0. The summed E-state index contributed by atoms with van der Waals surface area (Å²) in [5.74, 6) is 0.769. The summed E-state index contributed by atoms with van der Waals surface area (Å²) >= 11 is 0. The molecule has 1 aromatic rings. The lowest BCUT2D eigenvalue weighted by molar-refractivity contribution is -0.138. The van der Waals surface area contributed by atoms with Crippen molar-refractivity contribution in [1.82, 2.24) is 14.1 Å². The molecular weight excluding hydrogens is 390 g/mol. The van der Waals surface area contributed by atoms with E-state index in [1.54, 1.807) is 24.3 Å². The number of likely N-dealkylation sites (N-methyl/N-ethyl adjacent to an activating group) is 1. The van der Waals surface area contributed by atoms with E-state index in [2.05, 4.69) is 19.0 Å². The summed E-state index contributed by atoms with van der Waals surface area (Å²) in [6.07, 6.45) is 3.31. The summed E-state index contributed by atoms with van der Waals surface area (Å²) in [4.78, 5) is 17.4. The van der Waals surface area contributed by atoms with Gasteiger partial charge >= 0.3 is 0 Å². The van der Waals surface area contributed by atoms with Crippen molar-refractivity contribution in [2.24, 2.45) is 5.92 Å². The predicted octanol–water partition coefficient (Wildman–Crippen LogP) is 2.04. The molecule has 0 spiro atoms. The van der Waals surface area contributed by atoms with E-state index in [4.69, 9.17) is 4.74 Å². The Morgan fingerprint density at radius 3 is 2.34 bits per heavy atom. The molecule has 1 unspecified atom stereocenters. The standard InChI is InChI=1S/C21H33N3O4S/c1-4-28-19-7-9-20(10-8-19)29(26,27)24-14-11-17(12-15-24)21(25)23-13-5-6-18(16-23)22(2)3/h7-10,17-18H,4-6,11-16H2,1-3H3. The fourth-order valence-corrected chi connectivity index (χ4v) is 5.67. The number of ether oxygens (including phenoxy) is 1. The van der Waals surface area contributed by atoms with E-state index in [9.17, 15) is 13.2 Å². The summed E-state index contributed by atoms with van der Waals surface area (Å²) in [5.41, 5.74) is 0. The minimum atomic E-state index is -3.54. The number of rotatable bonds is 6. The van der Waals surface area contributed by atoms with Crippen LogP contribution in [0.15, 0.2) is 29.2 Å². The van der Waals surface area contributed by atoms with Crippen LogP contribution in [0.25, 0.3) is 0 Å². The summed E-state index contributed by atoms with van der Waals surface area (Å²) in [6.45, 7) is 4.79. The maximum absolute atomic E-state index is 13.0. The molecule has 162 valence electrons. The Morgan fingerprint density at radius 2 is 1.76 bits per heavy atom. The molecule has 0 aromatic heterocycles. The van der Waals surface area contributed by atoms with E-state index in [0.717, 1.165) is 25.9 Å². The maximum Gasteiger partial charge on any atom is 0.243 e. The van der Waals surface area contributed by atoms with Gasteiger partial charge in [0.1, 0.15) is 5.75 Å². The van der Waals surface area contributed by atoms with Gasteiger partial charge in [0.25, 0.3) is 0 Å². The molecule has 0 radical (unpaired) electrons. The molecule has 0 bridgehead atoms. The molecule has 29 heavy (non-hydrogen) atoms. The van der Waals surface area contributed by atoms with Gasteiger partial charge in [-0.05, 0) is 71.0 Å². The van der Waals surface area contributed by atoms with E-state index in [-0.39, 0.29) is 16.7 Å². The number of carbonyl (C=O) groups is 1. The smallest absolute Gasteiger partial charge is 0.243 e. The fraction of sp³-hybridized carbons (Fsp3) is 0.667. The minimum Gasteiger partial charge on any atom is -0.494 e. The molecule has 2 fully saturated rings. The molecule has 7 nitrogen and oxygen atoms in total. The number of likely N-dealkylation sites (tertiary alicyclic amines) is 1. The molecule has 2 heterocycles. The highest BCUT2D eigenvalue weighted by Gasteiger charge is 2.35. The van der Waals surface area contributed by atoms with Crippen LogP contribution in [0.2, 0.25) is 0 Å². The first-order valence-electron chi connectivity index (χ1n) is 10.5. The van der Waals surface area contributed by atoms with E-state index in [1.807, 2.05) is 11.8 Å². The van der Waals surface area contributed by atoms with Crippen LogP contribution in [-0.2, 0) is 14.8 Å². The van der Waals surface area contributed by atoms with Gasteiger partial charge < -0.3 is 14.5 Å². The molecular formula is C21H33N3O4S. The topological polar surface area (TPSA) is 70.2 Å². The monoisotopic (exact) mass is 423 g/mol. The molecule has 0 saturated carbocycles. The molecule has 2 aliphatic heterocycles. The van der Waals surface area contributed by atoms with E-state index in [1.165, 1.54) is 4.31 Å². The van der Waals surface area contributed by atoms with Crippen molar-refractivity contribution >= 4 is 15.9 Å². The third-order valence-electron chi connectivity index (χ3n) is 6.01. The molecule has 1 aromatic carbocycles. The Bertz CT molecular complexity index is 787. The zero-order valence-electron chi connectivity index (χ0n) is 17.7. The highest BCUT2D eigenvalue weighted by Crippen LogP contribution is 2.27. The van der Waals surface area contributed by atoms with Crippen LogP contribution < -0.4 is 4.74 Å². The molecule has 1 atom stereocenters. The lowest BCUT2D eigenvalue weighted by Gasteiger charge is -2.39. The normalized spacial score (nSPS) is 22.1. The molecule has 2 aliphatic rings. The lowest BCUT2D eigenvalue weighted by atomic mass is 9.94. The van der Waals surface area contributed by atoms with Crippen molar-refractivity contribution in [3.63, 3.8) is 0 Å². The largest absolute Gasteiger partial charge is 0.494 e. The van der Waals surface area contributed by atoms with Crippen LogP contribution in [-0.4, -0.2) is 81.4 Å². The Morgan fingerprint density at radius 1 is 1.10 bits per heavy atom. The first-order valence-corrected chi connectivity index (χ1v) is 11.9. The Labute approximate surface area is 174 Å². The van der Waals surface area contributed by atoms with Crippen molar-refractivity contribution in [2.75, 3.05) is 46.9 Å². The third-order valence-corrected chi connectivity index (χ3v) is 7.93. The lowest BCUT2D eigenvalue weighted by Crippen LogP contribution is -2.51. The van der Waals surface area contributed by atoms with E-state index in [0.29, 0.717) is 44.3 Å². The minimum absolute atomic E-state index is 0.0808. The van der Waals surface area contributed by atoms with Gasteiger partial charge in [-0.3, -0.25) is 4.79 Å². The first kappa shape index (κ1) is 22.1. The Balaban J connectivity index is 1.58. The number of nitrogens with zero attached hydrogens (tertiary/aromatic N) is 3. The number of carbonyl (C=O) groups excluding carboxylic acids is 1. The van der Waals surface area contributed by atoms with Crippen LogP contribution in [0.5, 0.6) is 5.75 Å². The van der Waals surface area contributed by atoms with Gasteiger partial charge in [-0.25, -0.2) is 8.42 Å². The van der Waals surface area contributed by atoms with Gasteiger partial charge in [0.2, 0.25) is 15.9 Å². The third kappa shape index (κ3) is 5.10. The number of sulfonamides is 1. The average Bonchev–Trinajstić information content (AvgIpc) is 2.74. The van der Waals surface area contributed by atoms with Crippen molar-refractivity contribution < 1.29 is 17.9 Å². The van der Waals surface area contributed by atoms with Crippen LogP contribution in [0, 0.1) is 5.92 Å². The highest BCUT2D eigenvalue weighted by atomic mass is 32.2. The van der Waals surface area contributed by atoms with Crippen LogP contribution in [0.3, 0.4) is 0 Å². The number of piperidine rings is 2. The van der Waals surface area contributed by atoms with E-state index < -0.39 is 10.0 Å². The highest BCUT2D eigenvalue weighted by molar-refractivity contribution is 7.89. The Kier molecular flexibility index (Phi) is 7.19. The van der Waals surface area contributed by atoms with E-state index >= 15 is 0 Å². The first-order chi connectivity index (χ1) is 13.8. The molecule has 1 amide bonds. The number of hydrogen-bond donors (Lipinski definition) is 0. The molecule has 3 rings (SSSR count). The van der Waals surface area contributed by atoms with Gasteiger partial charge in [0.15, 0.2) is 0 Å². The van der Waals surface area contributed by atoms with Crippen molar-refractivity contribution in [3.05, 3.63) is 24.3 Å². The van der Waals surface area contributed by atoms with Crippen LogP contribution in [0.1, 0.15) is 32.6 Å². The van der Waals surface area contributed by atoms with Crippen molar-refractivity contribution in [3.8, 4) is 5.75 Å². The summed E-state index contributed by atoms with van der Waals surface area (Å²) < 4.78 is 32.8. The molecule has 2 saturated heterocycles. The fourth-order valence-electron chi connectivity index (χ4n) is 4.20. The second kappa shape index (κ2) is 9.45.